The van der Waals surface area contributed by atoms with Gasteiger partial charge in [-0.05, 0) is 34.0 Å². The maximum atomic E-state index is 12.4. The second kappa shape index (κ2) is 7.37. The fourth-order valence-corrected chi connectivity index (χ4v) is 3.46. The first-order valence-electron chi connectivity index (χ1n) is 7.80. The molecule has 0 radical (unpaired) electrons. The van der Waals surface area contributed by atoms with E-state index in [0.717, 1.165) is 27.1 Å². The molecule has 0 aliphatic carbocycles. The van der Waals surface area contributed by atoms with Crippen molar-refractivity contribution in [1.82, 2.24) is 4.90 Å². The quantitative estimate of drug-likeness (QED) is 0.565. The Balaban J connectivity index is 2.17. The minimum Gasteiger partial charge on any atom is -0.339 e. The van der Waals surface area contributed by atoms with Gasteiger partial charge >= 0.3 is 0 Å². The smallest absolute Gasteiger partial charge is 0.285 e. The Kier molecular flexibility index (Phi) is 5.02. The molecule has 0 unspecified atom stereocenters. The van der Waals surface area contributed by atoms with Gasteiger partial charge in [-0.25, -0.2) is 0 Å². The number of amides is 1. The van der Waals surface area contributed by atoms with Crippen LogP contribution in [0, 0.1) is 0 Å². The molecule has 0 aromatic heterocycles. The van der Waals surface area contributed by atoms with Gasteiger partial charge in [0.1, 0.15) is 0 Å². The summed E-state index contributed by atoms with van der Waals surface area (Å²) in [4.78, 5) is 15.0. The molecule has 0 atom stereocenters. The van der Waals surface area contributed by atoms with Gasteiger partial charge in [0.25, 0.3) is 5.24 Å². The number of rotatable bonds is 3. The molecule has 2 nitrogen and oxygen atoms in total. The highest BCUT2D eigenvalue weighted by Gasteiger charge is 2.17. The summed E-state index contributed by atoms with van der Waals surface area (Å²) >= 11 is 1.28. The number of benzene rings is 3. The van der Waals surface area contributed by atoms with Crippen LogP contribution >= 0.6 is 11.8 Å². The van der Waals surface area contributed by atoms with Gasteiger partial charge in [0.2, 0.25) is 0 Å². The van der Waals surface area contributed by atoms with Gasteiger partial charge in [0, 0.05) is 19.0 Å². The van der Waals surface area contributed by atoms with E-state index in [1.165, 1.54) is 11.8 Å². The number of thioether (sulfide) groups is 1. The topological polar surface area (TPSA) is 20.3 Å². The van der Waals surface area contributed by atoms with Gasteiger partial charge in [-0.3, -0.25) is 4.79 Å². The van der Waals surface area contributed by atoms with Crippen molar-refractivity contribution in [2.24, 2.45) is 0 Å². The number of carbonyl (C=O) groups excluding carboxylic acids is 1. The lowest BCUT2D eigenvalue weighted by Crippen LogP contribution is -2.16. The van der Waals surface area contributed by atoms with Crippen molar-refractivity contribution >= 4 is 17.0 Å². The third-order valence-corrected chi connectivity index (χ3v) is 4.92. The van der Waals surface area contributed by atoms with Gasteiger partial charge in [-0.15, -0.1) is 0 Å². The Morgan fingerprint density at radius 3 is 1.58 bits per heavy atom. The van der Waals surface area contributed by atoms with Crippen molar-refractivity contribution in [2.45, 2.75) is 4.90 Å². The maximum absolute atomic E-state index is 12.4. The van der Waals surface area contributed by atoms with E-state index < -0.39 is 0 Å². The molecule has 0 aliphatic heterocycles. The highest BCUT2D eigenvalue weighted by Crippen LogP contribution is 2.40. The summed E-state index contributed by atoms with van der Waals surface area (Å²) < 4.78 is 0. The molecule has 0 saturated carbocycles. The molecule has 0 spiro atoms. The van der Waals surface area contributed by atoms with Crippen LogP contribution in [0.2, 0.25) is 0 Å². The summed E-state index contributed by atoms with van der Waals surface area (Å²) in [5.74, 6) is 0. The molecule has 0 N–H and O–H groups in total. The monoisotopic (exact) mass is 333 g/mol. The maximum Gasteiger partial charge on any atom is 0.285 e. The van der Waals surface area contributed by atoms with Crippen LogP contribution in [0.3, 0.4) is 0 Å². The molecule has 3 aromatic rings. The number of nitrogens with zero attached hydrogens (tertiary/aromatic N) is 1. The Morgan fingerprint density at radius 2 is 1.17 bits per heavy atom. The highest BCUT2D eigenvalue weighted by atomic mass is 32.2. The van der Waals surface area contributed by atoms with Crippen LogP contribution in [-0.4, -0.2) is 24.2 Å². The molecular weight excluding hydrogens is 314 g/mol. The zero-order chi connectivity index (χ0) is 16.9. The summed E-state index contributed by atoms with van der Waals surface area (Å²) in [6.07, 6.45) is 0. The van der Waals surface area contributed by atoms with Crippen molar-refractivity contribution in [3.8, 4) is 22.3 Å². The van der Waals surface area contributed by atoms with E-state index in [1.807, 2.05) is 36.4 Å². The van der Waals surface area contributed by atoms with Gasteiger partial charge in [-0.2, -0.15) is 0 Å². The molecule has 3 rings (SSSR count). The Morgan fingerprint density at radius 1 is 0.708 bits per heavy atom. The van der Waals surface area contributed by atoms with Crippen LogP contribution in [0.1, 0.15) is 0 Å². The predicted molar refractivity (Wildman–Crippen MR) is 102 cm³/mol. The second-order valence-electron chi connectivity index (χ2n) is 5.68. The molecule has 24 heavy (non-hydrogen) atoms. The van der Waals surface area contributed by atoms with Gasteiger partial charge in [0.05, 0.1) is 0 Å². The third-order valence-electron chi connectivity index (χ3n) is 3.74. The average Bonchev–Trinajstić information content (AvgIpc) is 2.63. The van der Waals surface area contributed by atoms with E-state index in [-0.39, 0.29) is 5.24 Å². The van der Waals surface area contributed by atoms with E-state index in [0.29, 0.717) is 0 Å². The molecule has 0 fully saturated rings. The lowest BCUT2D eigenvalue weighted by atomic mass is 9.99. The molecule has 1 amide bonds. The molecule has 120 valence electrons. The van der Waals surface area contributed by atoms with Crippen LogP contribution in [-0.2, 0) is 0 Å². The Hall–Kier alpha value is -2.52. The van der Waals surface area contributed by atoms with Gasteiger partial charge in [0.15, 0.2) is 0 Å². The second-order valence-corrected chi connectivity index (χ2v) is 6.64. The van der Waals surface area contributed by atoms with Crippen molar-refractivity contribution in [1.29, 1.82) is 0 Å². The van der Waals surface area contributed by atoms with Crippen LogP contribution in [0.25, 0.3) is 22.3 Å². The zero-order valence-corrected chi connectivity index (χ0v) is 14.6. The lowest BCUT2D eigenvalue weighted by Gasteiger charge is -2.16. The summed E-state index contributed by atoms with van der Waals surface area (Å²) in [5.41, 5.74) is 4.39. The van der Waals surface area contributed by atoms with E-state index in [9.17, 15) is 4.79 Å². The van der Waals surface area contributed by atoms with Crippen molar-refractivity contribution in [3.05, 3.63) is 78.9 Å². The largest absolute Gasteiger partial charge is 0.339 e. The molecule has 3 heteroatoms. The van der Waals surface area contributed by atoms with E-state index in [4.69, 9.17) is 0 Å². The normalized spacial score (nSPS) is 10.4. The van der Waals surface area contributed by atoms with Crippen molar-refractivity contribution in [3.63, 3.8) is 0 Å². The number of carbonyl (C=O) groups is 1. The van der Waals surface area contributed by atoms with Crippen LogP contribution in [0.5, 0.6) is 0 Å². The highest BCUT2D eigenvalue weighted by molar-refractivity contribution is 8.13. The number of hydrogen-bond donors (Lipinski definition) is 0. The van der Waals surface area contributed by atoms with Gasteiger partial charge < -0.3 is 4.90 Å². The Labute approximate surface area is 147 Å². The van der Waals surface area contributed by atoms with E-state index in [2.05, 4.69) is 42.5 Å². The SMILES string of the molecule is CN(C)C(=O)Sc1c(-c2ccccc2)cccc1-c1ccccc1. The molecule has 0 saturated heterocycles. The summed E-state index contributed by atoms with van der Waals surface area (Å²) in [5, 5.41) is 0.0237. The fraction of sp³-hybridized carbons (Fsp3) is 0.0952. The van der Waals surface area contributed by atoms with Crippen molar-refractivity contribution in [2.75, 3.05) is 14.1 Å². The molecule has 0 aliphatic rings. The van der Waals surface area contributed by atoms with Crippen LogP contribution < -0.4 is 0 Å². The van der Waals surface area contributed by atoms with Crippen molar-refractivity contribution < 1.29 is 4.79 Å². The lowest BCUT2D eigenvalue weighted by molar-refractivity contribution is 0.241. The standard InChI is InChI=1S/C21H19NOS/c1-22(2)21(23)24-20-18(16-10-5-3-6-11-16)14-9-15-19(20)17-12-7-4-8-13-17/h3-15H,1-2H3. The third kappa shape index (κ3) is 3.52. The fourth-order valence-electron chi connectivity index (χ4n) is 2.52. The van der Waals surface area contributed by atoms with Crippen LogP contribution in [0.15, 0.2) is 83.8 Å². The Bertz CT molecular complexity index is 771. The summed E-state index contributed by atoms with van der Waals surface area (Å²) in [6, 6.07) is 26.6. The molecule has 0 heterocycles. The predicted octanol–water partition coefficient (Wildman–Crippen LogP) is 5.79. The zero-order valence-electron chi connectivity index (χ0n) is 13.8. The summed E-state index contributed by atoms with van der Waals surface area (Å²) in [7, 11) is 3.56. The first-order chi connectivity index (χ1) is 11.7. The minimum absolute atomic E-state index is 0.0237. The number of hydrogen-bond acceptors (Lipinski definition) is 2. The average molecular weight is 333 g/mol. The van der Waals surface area contributed by atoms with Crippen LogP contribution in [0.4, 0.5) is 4.79 Å². The minimum atomic E-state index is 0.0237. The van der Waals surface area contributed by atoms with E-state index >= 15 is 0 Å². The molecule has 3 aromatic carbocycles. The molecule has 0 bridgehead atoms. The first kappa shape index (κ1) is 16.3. The first-order valence-corrected chi connectivity index (χ1v) is 8.61. The molecular formula is C21H19NOS. The van der Waals surface area contributed by atoms with E-state index in [1.54, 1.807) is 19.0 Å². The van der Waals surface area contributed by atoms with Gasteiger partial charge in [-0.1, -0.05) is 78.9 Å². The summed E-state index contributed by atoms with van der Waals surface area (Å²) in [6.45, 7) is 0.